The van der Waals surface area contributed by atoms with Gasteiger partial charge in [0.05, 0.1) is 17.6 Å². The molecule has 1 amide bonds. The maximum Gasteiger partial charge on any atom is 0.411 e. The van der Waals surface area contributed by atoms with E-state index in [0.717, 1.165) is 22.3 Å². The molecule has 0 spiro atoms. The highest BCUT2D eigenvalue weighted by Crippen LogP contribution is 2.47. The predicted octanol–water partition coefficient (Wildman–Crippen LogP) is 5.42. The van der Waals surface area contributed by atoms with Crippen LogP contribution >= 0.6 is 15.9 Å². The summed E-state index contributed by atoms with van der Waals surface area (Å²) in [5.74, 6) is -1.79. The van der Waals surface area contributed by atoms with E-state index in [9.17, 15) is 19.1 Å². The largest absolute Gasteiger partial charge is 0.480 e. The Balaban J connectivity index is 1.86. The van der Waals surface area contributed by atoms with Crippen molar-refractivity contribution in [1.29, 1.82) is 0 Å². The van der Waals surface area contributed by atoms with E-state index in [4.69, 9.17) is 4.74 Å². The molecule has 5 nitrogen and oxygen atoms in total. The number of fused-ring (bicyclic) bond motifs is 3. The Morgan fingerprint density at radius 3 is 2.16 bits per heavy atom. The first-order valence-electron chi connectivity index (χ1n) is 9.64. The maximum absolute atomic E-state index is 14.7. The summed E-state index contributed by atoms with van der Waals surface area (Å²) >= 11 is 3.13. The summed E-state index contributed by atoms with van der Waals surface area (Å²) in [6, 6.07) is 17.8. The van der Waals surface area contributed by atoms with Gasteiger partial charge in [-0.1, -0.05) is 60.7 Å². The zero-order valence-electron chi connectivity index (χ0n) is 16.6. The number of carbonyl (C=O) groups is 2. The van der Waals surface area contributed by atoms with Gasteiger partial charge in [-0.3, -0.25) is 4.90 Å². The molecule has 0 bridgehead atoms. The minimum Gasteiger partial charge on any atom is -0.480 e. The first-order chi connectivity index (χ1) is 14.9. The van der Waals surface area contributed by atoms with Gasteiger partial charge in [0.2, 0.25) is 0 Å². The number of carbonyl (C=O) groups excluding carboxylic acids is 1. The number of carboxylic acids is 1. The average molecular weight is 484 g/mol. The third-order valence-electron chi connectivity index (χ3n) is 5.53. The summed E-state index contributed by atoms with van der Waals surface area (Å²) in [5.41, 5.74) is 3.64. The van der Waals surface area contributed by atoms with Crippen LogP contribution in [0.25, 0.3) is 11.1 Å². The van der Waals surface area contributed by atoms with Crippen LogP contribution in [0.15, 0.2) is 71.2 Å². The van der Waals surface area contributed by atoms with Crippen LogP contribution < -0.4 is 0 Å². The average Bonchev–Trinajstić information content (AvgIpc) is 3.10. The number of ether oxygens (including phenoxy) is 1. The Bertz CT molecular complexity index is 1120. The summed E-state index contributed by atoms with van der Waals surface area (Å²) < 4.78 is 19.9. The molecule has 1 atom stereocenters. The molecule has 0 saturated heterocycles. The summed E-state index contributed by atoms with van der Waals surface area (Å²) in [6.45, 7) is 0. The number of hydrogen-bond donors (Lipinski definition) is 1. The number of methoxy groups -OCH3 is 1. The Morgan fingerprint density at radius 2 is 1.61 bits per heavy atom. The number of benzene rings is 3. The first kappa shape index (κ1) is 21.1. The van der Waals surface area contributed by atoms with Crippen molar-refractivity contribution in [2.24, 2.45) is 0 Å². The highest BCUT2D eigenvalue weighted by atomic mass is 79.9. The van der Waals surface area contributed by atoms with E-state index in [1.54, 1.807) is 6.07 Å². The van der Waals surface area contributed by atoms with Gasteiger partial charge in [0, 0.05) is 6.42 Å². The van der Waals surface area contributed by atoms with Crippen LogP contribution in [-0.4, -0.2) is 35.2 Å². The van der Waals surface area contributed by atoms with Crippen molar-refractivity contribution >= 4 is 28.0 Å². The van der Waals surface area contributed by atoms with Crippen molar-refractivity contribution in [2.75, 3.05) is 7.11 Å². The SMILES string of the molecule is COC(=O)N(C1c2ccccc2-c2ccccc21)[C@@H](Cc1cccc(Br)c1F)C(=O)O. The Kier molecular flexibility index (Phi) is 5.78. The quantitative estimate of drug-likeness (QED) is 0.525. The van der Waals surface area contributed by atoms with E-state index in [1.165, 1.54) is 24.1 Å². The van der Waals surface area contributed by atoms with Gasteiger partial charge in [-0.25, -0.2) is 14.0 Å². The van der Waals surface area contributed by atoms with E-state index in [-0.39, 0.29) is 16.5 Å². The molecule has 4 rings (SSSR count). The molecule has 1 N–H and O–H groups in total. The van der Waals surface area contributed by atoms with Gasteiger partial charge >= 0.3 is 12.1 Å². The van der Waals surface area contributed by atoms with Crippen molar-refractivity contribution in [3.63, 3.8) is 0 Å². The molecule has 158 valence electrons. The molecule has 7 heteroatoms. The van der Waals surface area contributed by atoms with Gasteiger partial charge in [-0.15, -0.1) is 0 Å². The Morgan fingerprint density at radius 1 is 1.03 bits per heavy atom. The van der Waals surface area contributed by atoms with E-state index in [0.29, 0.717) is 0 Å². The van der Waals surface area contributed by atoms with Crippen molar-refractivity contribution in [2.45, 2.75) is 18.5 Å². The summed E-state index contributed by atoms with van der Waals surface area (Å²) in [6.07, 6.45) is -1.00. The monoisotopic (exact) mass is 483 g/mol. The van der Waals surface area contributed by atoms with Crippen LogP contribution in [0.2, 0.25) is 0 Å². The number of aliphatic carboxylic acids is 1. The molecule has 0 fully saturated rings. The fraction of sp³-hybridized carbons (Fsp3) is 0.167. The van der Waals surface area contributed by atoms with E-state index < -0.39 is 30.0 Å². The fourth-order valence-electron chi connectivity index (χ4n) is 4.17. The van der Waals surface area contributed by atoms with Crippen molar-refractivity contribution in [1.82, 2.24) is 4.90 Å². The second-order valence-electron chi connectivity index (χ2n) is 7.23. The number of rotatable bonds is 5. The summed E-state index contributed by atoms with van der Waals surface area (Å²) in [4.78, 5) is 26.5. The molecular weight excluding hydrogens is 465 g/mol. The van der Waals surface area contributed by atoms with Crippen molar-refractivity contribution in [3.8, 4) is 11.1 Å². The zero-order chi connectivity index (χ0) is 22.1. The lowest BCUT2D eigenvalue weighted by atomic mass is 9.98. The molecule has 1 aliphatic rings. The van der Waals surface area contributed by atoms with Gasteiger partial charge in [-0.2, -0.15) is 0 Å². The number of carboxylic acid groups (broad SMARTS) is 1. The summed E-state index contributed by atoms with van der Waals surface area (Å²) in [5, 5.41) is 10.1. The lowest BCUT2D eigenvalue weighted by molar-refractivity contribution is -0.143. The van der Waals surface area contributed by atoms with E-state index in [2.05, 4.69) is 15.9 Å². The topological polar surface area (TPSA) is 66.8 Å². The molecule has 31 heavy (non-hydrogen) atoms. The van der Waals surface area contributed by atoms with E-state index in [1.807, 2.05) is 48.5 Å². The Hall–Kier alpha value is -3.19. The lowest BCUT2D eigenvalue weighted by Gasteiger charge is -2.34. The molecular formula is C24H19BrFNO4. The highest BCUT2D eigenvalue weighted by Gasteiger charge is 2.42. The third-order valence-corrected chi connectivity index (χ3v) is 6.14. The van der Waals surface area contributed by atoms with Gasteiger partial charge in [0.15, 0.2) is 0 Å². The second-order valence-corrected chi connectivity index (χ2v) is 8.08. The highest BCUT2D eigenvalue weighted by molar-refractivity contribution is 9.10. The molecule has 0 aromatic heterocycles. The minimum absolute atomic E-state index is 0.190. The smallest absolute Gasteiger partial charge is 0.411 e. The normalized spacial score (nSPS) is 13.3. The van der Waals surface area contributed by atoms with Crippen LogP contribution in [0.4, 0.5) is 9.18 Å². The molecule has 0 saturated carbocycles. The third kappa shape index (κ3) is 3.70. The first-order valence-corrected chi connectivity index (χ1v) is 10.4. The molecule has 0 radical (unpaired) electrons. The zero-order valence-corrected chi connectivity index (χ0v) is 18.2. The predicted molar refractivity (Wildman–Crippen MR) is 117 cm³/mol. The van der Waals surface area contributed by atoms with Crippen LogP contribution in [-0.2, 0) is 16.0 Å². The molecule has 1 aliphatic carbocycles. The fourth-order valence-corrected chi connectivity index (χ4v) is 4.57. The summed E-state index contributed by atoms with van der Waals surface area (Å²) in [7, 11) is 1.21. The van der Waals surface area contributed by atoms with Gasteiger partial charge < -0.3 is 9.84 Å². The van der Waals surface area contributed by atoms with Gasteiger partial charge in [0.25, 0.3) is 0 Å². The van der Waals surface area contributed by atoms with Gasteiger partial charge in [0.1, 0.15) is 11.9 Å². The molecule has 3 aromatic carbocycles. The van der Waals surface area contributed by atoms with Crippen molar-refractivity contribution in [3.05, 3.63) is 93.7 Å². The molecule has 0 aliphatic heterocycles. The van der Waals surface area contributed by atoms with Crippen LogP contribution in [0, 0.1) is 5.82 Å². The number of nitrogens with zero attached hydrogens (tertiary/aromatic N) is 1. The minimum atomic E-state index is -1.35. The number of hydrogen-bond acceptors (Lipinski definition) is 3. The molecule has 0 heterocycles. The Labute approximate surface area is 187 Å². The van der Waals surface area contributed by atoms with Crippen LogP contribution in [0.5, 0.6) is 0 Å². The van der Waals surface area contributed by atoms with E-state index >= 15 is 0 Å². The maximum atomic E-state index is 14.7. The van der Waals surface area contributed by atoms with Crippen LogP contribution in [0.1, 0.15) is 22.7 Å². The standard InChI is InChI=1S/C24H19BrFNO4/c1-31-24(30)27(20(23(28)29)13-14-7-6-12-19(25)21(14)26)22-17-10-4-2-8-15(17)16-9-3-5-11-18(16)22/h2-12,20,22H,13H2,1H3,(H,28,29)/t20-/m0/s1. The number of amides is 1. The number of halogens is 2. The molecule has 0 unspecified atom stereocenters. The van der Waals surface area contributed by atoms with Crippen molar-refractivity contribution < 1.29 is 23.8 Å². The van der Waals surface area contributed by atoms with Gasteiger partial charge in [-0.05, 0) is 49.8 Å². The van der Waals surface area contributed by atoms with Crippen LogP contribution in [0.3, 0.4) is 0 Å². The lowest BCUT2D eigenvalue weighted by Crippen LogP contribution is -2.48. The molecule has 3 aromatic rings. The second kappa shape index (κ2) is 8.51.